The van der Waals surface area contributed by atoms with Gasteiger partial charge >= 0.3 is 5.97 Å². The summed E-state index contributed by atoms with van der Waals surface area (Å²) in [5, 5.41) is 0. The van der Waals surface area contributed by atoms with Gasteiger partial charge in [0.15, 0.2) is 0 Å². The molecule has 0 heterocycles. The highest BCUT2D eigenvalue weighted by Crippen LogP contribution is 2.04. The fourth-order valence-electron chi connectivity index (χ4n) is 1.37. The van der Waals surface area contributed by atoms with E-state index in [1.807, 2.05) is 6.92 Å². The van der Waals surface area contributed by atoms with Crippen molar-refractivity contribution in [1.29, 1.82) is 0 Å². The van der Waals surface area contributed by atoms with E-state index < -0.39 is 8.80 Å². The molecule has 3 nitrogen and oxygen atoms in total. The molecule has 1 atom stereocenters. The van der Waals surface area contributed by atoms with Crippen LogP contribution in [0.2, 0.25) is 12.1 Å². The lowest BCUT2D eigenvalue weighted by molar-refractivity contribution is -0.135. The molecule has 0 aromatic rings. The third-order valence-electron chi connectivity index (χ3n) is 2.20. The van der Waals surface area contributed by atoms with Crippen molar-refractivity contribution in [2.45, 2.75) is 32.4 Å². The summed E-state index contributed by atoms with van der Waals surface area (Å²) in [4.78, 5) is 10.9. The van der Waals surface area contributed by atoms with Crippen molar-refractivity contribution in [2.75, 3.05) is 19.4 Å². The van der Waals surface area contributed by atoms with Crippen LogP contribution in [0.5, 0.6) is 0 Å². The minimum Gasteiger partial charge on any atom is -0.467 e. The van der Waals surface area contributed by atoms with E-state index in [2.05, 4.69) is 13.5 Å². The lowest BCUT2D eigenvalue weighted by Gasteiger charge is -2.13. The molecule has 4 heteroatoms. The van der Waals surface area contributed by atoms with Gasteiger partial charge in [-0.15, -0.1) is 0 Å². The molecule has 88 valence electrons. The molecule has 0 spiro atoms. The van der Waals surface area contributed by atoms with Crippen LogP contribution in [0.4, 0.5) is 0 Å². The second kappa shape index (κ2) is 9.92. The van der Waals surface area contributed by atoms with Gasteiger partial charge in [0.05, 0.1) is 15.0 Å². The highest BCUT2D eigenvalue weighted by Gasteiger charge is 2.11. The minimum absolute atomic E-state index is 0.306. The van der Waals surface area contributed by atoms with Crippen LogP contribution in [0.3, 0.4) is 0 Å². The molecule has 0 saturated heterocycles. The third kappa shape index (κ3) is 8.39. The first kappa shape index (κ1) is 14.4. The Balaban J connectivity index is 3.71. The Morgan fingerprint density at radius 2 is 2.13 bits per heavy atom. The Labute approximate surface area is 94.1 Å². The Hall–Kier alpha value is -0.613. The molecular formula is C11H22O3Si. The molecule has 0 fully saturated rings. The molecule has 0 rings (SSSR count). The van der Waals surface area contributed by atoms with Crippen molar-refractivity contribution in [3.05, 3.63) is 12.7 Å². The number of rotatable bonds is 9. The molecule has 0 bridgehead atoms. The number of hydrogen-bond donors (Lipinski definition) is 0. The largest absolute Gasteiger partial charge is 0.467 e. The smallest absolute Gasteiger partial charge is 0.329 e. The summed E-state index contributed by atoms with van der Waals surface area (Å²) in [7, 11) is -0.951. The SMILES string of the molecule is C=CC(=O)OC[SiH](CCC)CCOCC. The molecule has 0 amide bonds. The average molecular weight is 230 g/mol. The predicted octanol–water partition coefficient (Wildman–Crippen LogP) is 1.93. The van der Waals surface area contributed by atoms with Crippen molar-refractivity contribution in [2.24, 2.45) is 0 Å². The number of hydrogen-bond acceptors (Lipinski definition) is 3. The van der Waals surface area contributed by atoms with E-state index in [1.165, 1.54) is 12.1 Å². The van der Waals surface area contributed by atoms with Crippen LogP contribution in [-0.4, -0.2) is 34.2 Å². The lowest BCUT2D eigenvalue weighted by Crippen LogP contribution is -2.24. The number of carbonyl (C=O) groups is 1. The molecule has 1 unspecified atom stereocenters. The lowest BCUT2D eigenvalue weighted by atomic mass is 10.6. The zero-order valence-electron chi connectivity index (χ0n) is 9.83. The summed E-state index contributed by atoms with van der Waals surface area (Å²) >= 11 is 0. The Bertz CT molecular complexity index is 183. The summed E-state index contributed by atoms with van der Waals surface area (Å²) in [6.07, 6.45) is 3.00. The van der Waals surface area contributed by atoms with Gasteiger partial charge in [-0.05, 0) is 13.0 Å². The van der Waals surface area contributed by atoms with Gasteiger partial charge in [-0.3, -0.25) is 0 Å². The standard InChI is InChI=1S/C11H22O3Si/c1-4-8-15(9-7-13-6-3)10-14-11(12)5-2/h5,15H,2,4,6-10H2,1,3H3. The number of ether oxygens (including phenoxy) is 2. The van der Waals surface area contributed by atoms with Crippen molar-refractivity contribution < 1.29 is 14.3 Å². The normalized spacial score (nSPS) is 12.1. The first-order chi connectivity index (χ1) is 7.24. The van der Waals surface area contributed by atoms with Crippen molar-refractivity contribution in [3.63, 3.8) is 0 Å². The average Bonchev–Trinajstić information content (AvgIpc) is 2.25. The van der Waals surface area contributed by atoms with Crippen LogP contribution in [0.15, 0.2) is 12.7 Å². The summed E-state index contributed by atoms with van der Waals surface area (Å²) < 4.78 is 10.4. The first-order valence-corrected chi connectivity index (χ1v) is 8.06. The van der Waals surface area contributed by atoms with E-state index in [0.717, 1.165) is 25.7 Å². The van der Waals surface area contributed by atoms with Crippen molar-refractivity contribution in [1.82, 2.24) is 0 Å². The van der Waals surface area contributed by atoms with Crippen molar-refractivity contribution >= 4 is 14.8 Å². The molecule has 0 radical (unpaired) electrons. The number of esters is 1. The molecule has 0 N–H and O–H groups in total. The van der Waals surface area contributed by atoms with E-state index in [-0.39, 0.29) is 5.97 Å². The van der Waals surface area contributed by atoms with Crippen molar-refractivity contribution in [3.8, 4) is 0 Å². The first-order valence-electron chi connectivity index (χ1n) is 5.61. The van der Waals surface area contributed by atoms with Crippen LogP contribution >= 0.6 is 0 Å². The van der Waals surface area contributed by atoms with Gasteiger partial charge in [0.25, 0.3) is 0 Å². The zero-order valence-corrected chi connectivity index (χ0v) is 11.0. The molecule has 0 saturated carbocycles. The van der Waals surface area contributed by atoms with Crippen LogP contribution in [0.1, 0.15) is 20.3 Å². The topological polar surface area (TPSA) is 35.5 Å². The summed E-state index contributed by atoms with van der Waals surface area (Å²) in [5.74, 6) is -0.306. The van der Waals surface area contributed by atoms with E-state index in [0.29, 0.717) is 6.23 Å². The maximum atomic E-state index is 10.9. The van der Waals surface area contributed by atoms with Gasteiger partial charge in [0, 0.05) is 19.3 Å². The fourth-order valence-corrected chi connectivity index (χ4v) is 3.71. The maximum absolute atomic E-state index is 10.9. The minimum atomic E-state index is -0.951. The van der Waals surface area contributed by atoms with Gasteiger partial charge in [0.1, 0.15) is 0 Å². The van der Waals surface area contributed by atoms with Gasteiger partial charge in [-0.2, -0.15) is 0 Å². The molecule has 0 aliphatic heterocycles. The molecule has 0 aliphatic rings. The van der Waals surface area contributed by atoms with Gasteiger partial charge in [0.2, 0.25) is 0 Å². The highest BCUT2D eigenvalue weighted by atomic mass is 28.3. The second-order valence-corrected chi connectivity index (χ2v) is 6.69. The van der Waals surface area contributed by atoms with Crippen LogP contribution < -0.4 is 0 Å². The van der Waals surface area contributed by atoms with E-state index >= 15 is 0 Å². The van der Waals surface area contributed by atoms with Gasteiger partial charge in [-0.1, -0.05) is 26.0 Å². The maximum Gasteiger partial charge on any atom is 0.329 e. The van der Waals surface area contributed by atoms with Gasteiger partial charge in [-0.25, -0.2) is 4.79 Å². The molecule has 0 aromatic carbocycles. The Kier molecular flexibility index (Phi) is 9.52. The van der Waals surface area contributed by atoms with Crippen LogP contribution in [0.25, 0.3) is 0 Å². The summed E-state index contributed by atoms with van der Waals surface area (Å²) in [5.41, 5.74) is 0. The Morgan fingerprint density at radius 1 is 1.40 bits per heavy atom. The quantitative estimate of drug-likeness (QED) is 0.263. The molecular weight excluding hydrogens is 208 g/mol. The third-order valence-corrected chi connectivity index (χ3v) is 5.28. The Morgan fingerprint density at radius 3 is 2.67 bits per heavy atom. The summed E-state index contributed by atoms with van der Waals surface area (Å²) in [6.45, 7) is 9.10. The number of carbonyl (C=O) groups excluding carboxylic acids is 1. The second-order valence-electron chi connectivity index (χ2n) is 3.47. The monoisotopic (exact) mass is 230 g/mol. The highest BCUT2D eigenvalue weighted by molar-refractivity contribution is 6.58. The van der Waals surface area contributed by atoms with E-state index in [1.54, 1.807) is 0 Å². The van der Waals surface area contributed by atoms with Crippen LogP contribution in [0, 0.1) is 0 Å². The van der Waals surface area contributed by atoms with Crippen LogP contribution in [-0.2, 0) is 14.3 Å². The summed E-state index contributed by atoms with van der Waals surface area (Å²) in [6, 6.07) is 2.30. The molecule has 0 aliphatic carbocycles. The predicted molar refractivity (Wildman–Crippen MR) is 64.7 cm³/mol. The van der Waals surface area contributed by atoms with E-state index in [9.17, 15) is 4.79 Å². The molecule has 15 heavy (non-hydrogen) atoms. The zero-order chi connectivity index (χ0) is 11.5. The van der Waals surface area contributed by atoms with Gasteiger partial charge < -0.3 is 9.47 Å². The van der Waals surface area contributed by atoms with E-state index in [4.69, 9.17) is 9.47 Å². The molecule has 0 aromatic heterocycles. The fraction of sp³-hybridized carbons (Fsp3) is 0.727.